The van der Waals surface area contributed by atoms with Gasteiger partial charge in [0.25, 0.3) is 0 Å². The van der Waals surface area contributed by atoms with Crippen LogP contribution in [0.4, 0.5) is 0 Å². The molecule has 0 aliphatic carbocycles. The monoisotopic (exact) mass is 272 g/mol. The molecule has 3 nitrogen and oxygen atoms in total. The minimum Gasteiger partial charge on any atom is -0.508 e. The van der Waals surface area contributed by atoms with Gasteiger partial charge in [-0.1, -0.05) is 30.7 Å². The van der Waals surface area contributed by atoms with Crippen molar-refractivity contribution in [2.24, 2.45) is 0 Å². The Kier molecular flexibility index (Phi) is 5.02. The Balaban J connectivity index is 2.23. The molecule has 0 radical (unpaired) electrons. The lowest BCUT2D eigenvalue weighted by Crippen LogP contribution is -2.01. The third-order valence-electron chi connectivity index (χ3n) is 3.49. The van der Waals surface area contributed by atoms with E-state index in [1.165, 1.54) is 0 Å². The number of phenols is 2. The number of hydrogen-bond acceptors (Lipinski definition) is 3. The summed E-state index contributed by atoms with van der Waals surface area (Å²) in [6, 6.07) is 14.4. The van der Waals surface area contributed by atoms with E-state index in [1.54, 1.807) is 24.3 Å². The molecular weight excluding hydrogens is 252 g/mol. The standard InChI is InChI=1S/C17H20O3/c18-12-2-1-3-17(13-4-8-15(19)9-5-13)14-6-10-16(20)11-7-14/h4-11,17-20H,1-3,12H2. The molecule has 2 aromatic carbocycles. The SMILES string of the molecule is OCCCCC(c1ccc(O)cc1)c1ccc(O)cc1. The fourth-order valence-corrected chi connectivity index (χ4v) is 2.40. The highest BCUT2D eigenvalue weighted by Gasteiger charge is 2.14. The molecule has 0 heterocycles. The van der Waals surface area contributed by atoms with E-state index in [-0.39, 0.29) is 24.0 Å². The third-order valence-corrected chi connectivity index (χ3v) is 3.49. The van der Waals surface area contributed by atoms with Crippen LogP contribution in [0.15, 0.2) is 48.5 Å². The van der Waals surface area contributed by atoms with Crippen LogP contribution in [0.25, 0.3) is 0 Å². The molecule has 0 spiro atoms. The van der Waals surface area contributed by atoms with Crippen molar-refractivity contribution in [3.63, 3.8) is 0 Å². The zero-order valence-corrected chi connectivity index (χ0v) is 11.4. The van der Waals surface area contributed by atoms with E-state index in [0.717, 1.165) is 30.4 Å². The van der Waals surface area contributed by atoms with E-state index in [9.17, 15) is 10.2 Å². The molecular formula is C17H20O3. The molecule has 20 heavy (non-hydrogen) atoms. The van der Waals surface area contributed by atoms with Crippen molar-refractivity contribution in [3.05, 3.63) is 59.7 Å². The first-order valence-corrected chi connectivity index (χ1v) is 6.89. The molecule has 0 aromatic heterocycles. The topological polar surface area (TPSA) is 60.7 Å². The lowest BCUT2D eigenvalue weighted by Gasteiger charge is -2.18. The molecule has 0 bridgehead atoms. The van der Waals surface area contributed by atoms with Crippen molar-refractivity contribution in [3.8, 4) is 11.5 Å². The van der Waals surface area contributed by atoms with Crippen LogP contribution < -0.4 is 0 Å². The van der Waals surface area contributed by atoms with Gasteiger partial charge in [0, 0.05) is 12.5 Å². The molecule has 0 unspecified atom stereocenters. The van der Waals surface area contributed by atoms with Gasteiger partial charge in [-0.25, -0.2) is 0 Å². The second-order valence-electron chi connectivity index (χ2n) is 4.96. The van der Waals surface area contributed by atoms with Crippen molar-refractivity contribution in [1.29, 1.82) is 0 Å². The Morgan fingerprint density at radius 3 is 1.55 bits per heavy atom. The molecule has 0 fully saturated rings. The molecule has 106 valence electrons. The lowest BCUT2D eigenvalue weighted by atomic mass is 9.87. The smallest absolute Gasteiger partial charge is 0.115 e. The Bertz CT molecular complexity index is 471. The molecule has 3 N–H and O–H groups in total. The van der Waals surface area contributed by atoms with Gasteiger partial charge >= 0.3 is 0 Å². The maximum atomic E-state index is 9.39. The highest BCUT2D eigenvalue weighted by atomic mass is 16.3. The van der Waals surface area contributed by atoms with Crippen molar-refractivity contribution >= 4 is 0 Å². The normalized spacial score (nSPS) is 10.9. The molecule has 2 aromatic rings. The zero-order chi connectivity index (χ0) is 14.4. The zero-order valence-electron chi connectivity index (χ0n) is 11.4. The number of aliphatic hydroxyl groups excluding tert-OH is 1. The Morgan fingerprint density at radius 2 is 1.15 bits per heavy atom. The predicted molar refractivity (Wildman–Crippen MR) is 79.0 cm³/mol. The molecule has 0 aliphatic rings. The van der Waals surface area contributed by atoms with Crippen LogP contribution in [0, 0.1) is 0 Å². The minimum absolute atomic E-state index is 0.206. The van der Waals surface area contributed by atoms with E-state index < -0.39 is 0 Å². The van der Waals surface area contributed by atoms with Crippen LogP contribution in [0.5, 0.6) is 11.5 Å². The van der Waals surface area contributed by atoms with Gasteiger partial charge in [-0.05, 0) is 48.2 Å². The van der Waals surface area contributed by atoms with Gasteiger partial charge in [0.05, 0.1) is 0 Å². The van der Waals surface area contributed by atoms with Gasteiger partial charge in [0.2, 0.25) is 0 Å². The van der Waals surface area contributed by atoms with Crippen molar-refractivity contribution < 1.29 is 15.3 Å². The Labute approximate surface area is 119 Å². The van der Waals surface area contributed by atoms with Crippen LogP contribution in [-0.2, 0) is 0 Å². The lowest BCUT2D eigenvalue weighted by molar-refractivity contribution is 0.282. The van der Waals surface area contributed by atoms with E-state index in [1.807, 2.05) is 24.3 Å². The number of unbranched alkanes of at least 4 members (excludes halogenated alkanes) is 1. The van der Waals surface area contributed by atoms with Crippen LogP contribution in [-0.4, -0.2) is 21.9 Å². The molecule has 0 aliphatic heterocycles. The van der Waals surface area contributed by atoms with E-state index in [2.05, 4.69) is 0 Å². The minimum atomic E-state index is 0.206. The average Bonchev–Trinajstić information content (AvgIpc) is 2.46. The second-order valence-corrected chi connectivity index (χ2v) is 4.96. The summed E-state index contributed by atoms with van der Waals surface area (Å²) in [5.41, 5.74) is 2.26. The van der Waals surface area contributed by atoms with Gasteiger partial charge in [0.15, 0.2) is 0 Å². The quantitative estimate of drug-likeness (QED) is 0.706. The number of aliphatic hydroxyl groups is 1. The van der Waals surface area contributed by atoms with Crippen LogP contribution >= 0.6 is 0 Å². The molecule has 0 amide bonds. The maximum Gasteiger partial charge on any atom is 0.115 e. The van der Waals surface area contributed by atoms with Crippen molar-refractivity contribution in [1.82, 2.24) is 0 Å². The summed E-state index contributed by atoms with van der Waals surface area (Å²) in [4.78, 5) is 0. The van der Waals surface area contributed by atoms with Crippen LogP contribution in [0.1, 0.15) is 36.3 Å². The summed E-state index contributed by atoms with van der Waals surface area (Å²) in [6.45, 7) is 0.206. The highest BCUT2D eigenvalue weighted by Crippen LogP contribution is 2.31. The van der Waals surface area contributed by atoms with Crippen LogP contribution in [0.2, 0.25) is 0 Å². The maximum absolute atomic E-state index is 9.39. The summed E-state index contributed by atoms with van der Waals surface area (Å²) in [5, 5.41) is 27.7. The fraction of sp³-hybridized carbons (Fsp3) is 0.294. The van der Waals surface area contributed by atoms with Gasteiger partial charge in [-0.15, -0.1) is 0 Å². The molecule has 3 heteroatoms. The van der Waals surface area contributed by atoms with E-state index in [4.69, 9.17) is 5.11 Å². The summed E-state index contributed by atoms with van der Waals surface area (Å²) in [7, 11) is 0. The van der Waals surface area contributed by atoms with E-state index in [0.29, 0.717) is 0 Å². The highest BCUT2D eigenvalue weighted by molar-refractivity contribution is 5.37. The number of phenolic OH excluding ortho intramolecular Hbond substituents is 2. The van der Waals surface area contributed by atoms with Gasteiger partial charge in [-0.3, -0.25) is 0 Å². The van der Waals surface area contributed by atoms with Crippen molar-refractivity contribution in [2.45, 2.75) is 25.2 Å². The first-order valence-electron chi connectivity index (χ1n) is 6.89. The van der Waals surface area contributed by atoms with Crippen LogP contribution in [0.3, 0.4) is 0 Å². The number of aromatic hydroxyl groups is 2. The molecule has 0 atom stereocenters. The van der Waals surface area contributed by atoms with Gasteiger partial charge in [-0.2, -0.15) is 0 Å². The van der Waals surface area contributed by atoms with Gasteiger partial charge < -0.3 is 15.3 Å². The molecule has 2 rings (SSSR count). The summed E-state index contributed by atoms with van der Waals surface area (Å²) >= 11 is 0. The summed E-state index contributed by atoms with van der Waals surface area (Å²) in [5.74, 6) is 0.727. The Morgan fingerprint density at radius 1 is 0.700 bits per heavy atom. The van der Waals surface area contributed by atoms with Crippen molar-refractivity contribution in [2.75, 3.05) is 6.61 Å². The number of rotatable bonds is 6. The fourth-order valence-electron chi connectivity index (χ4n) is 2.40. The first kappa shape index (κ1) is 14.4. The number of benzene rings is 2. The molecule has 0 saturated heterocycles. The largest absolute Gasteiger partial charge is 0.508 e. The molecule has 0 saturated carbocycles. The third kappa shape index (κ3) is 3.75. The predicted octanol–water partition coefficient (Wildman–Crippen LogP) is 3.39. The van der Waals surface area contributed by atoms with Gasteiger partial charge in [0.1, 0.15) is 11.5 Å². The summed E-state index contributed by atoms with van der Waals surface area (Å²) < 4.78 is 0. The average molecular weight is 272 g/mol. The second kappa shape index (κ2) is 6.96. The number of hydrogen-bond donors (Lipinski definition) is 3. The first-order chi connectivity index (χ1) is 9.70. The Hall–Kier alpha value is -2.00. The summed E-state index contributed by atoms with van der Waals surface area (Å²) in [6.07, 6.45) is 2.64. The van der Waals surface area contributed by atoms with E-state index >= 15 is 0 Å².